The molecule has 1 N–H and O–H groups in total. The van der Waals surface area contributed by atoms with Crippen LogP contribution >= 0.6 is 0 Å². The van der Waals surface area contributed by atoms with Gasteiger partial charge in [0.05, 0.1) is 18.3 Å². The molecule has 1 aromatic rings. The maximum atomic E-state index is 12.1. The van der Waals surface area contributed by atoms with Crippen molar-refractivity contribution < 1.29 is 33.1 Å². The zero-order valence-electron chi connectivity index (χ0n) is 20.9. The van der Waals surface area contributed by atoms with Gasteiger partial charge in [-0.2, -0.15) is 0 Å². The summed E-state index contributed by atoms with van der Waals surface area (Å²) >= 11 is 0. The quantitative estimate of drug-likeness (QED) is 0.464. The molecular formula is C24H36BNO7. The number of carbonyl (C=O) groups is 2. The van der Waals surface area contributed by atoms with Crippen LogP contribution in [-0.2, 0) is 30.0 Å². The third kappa shape index (κ3) is 8.09. The fourth-order valence-corrected chi connectivity index (χ4v) is 3.02. The van der Waals surface area contributed by atoms with Gasteiger partial charge in [0.2, 0.25) is 0 Å². The van der Waals surface area contributed by atoms with E-state index in [0.29, 0.717) is 12.4 Å². The molecule has 0 radical (unpaired) electrons. The second-order valence-corrected chi connectivity index (χ2v) is 9.93. The lowest BCUT2D eigenvalue weighted by Gasteiger charge is -2.32. The molecule has 2 rings (SSSR count). The van der Waals surface area contributed by atoms with Crippen LogP contribution in [0.4, 0.5) is 4.79 Å². The molecule has 1 aliphatic rings. The maximum Gasteiger partial charge on any atom is 0.486 e. The predicted molar refractivity (Wildman–Crippen MR) is 126 cm³/mol. The minimum atomic E-state index is -0.862. The first-order chi connectivity index (χ1) is 15.2. The van der Waals surface area contributed by atoms with E-state index in [1.54, 1.807) is 32.9 Å². The van der Waals surface area contributed by atoms with Crippen molar-refractivity contribution in [3.63, 3.8) is 0 Å². The number of nitrogens with one attached hydrogen (secondary N) is 1. The van der Waals surface area contributed by atoms with Gasteiger partial charge in [-0.15, -0.1) is 0 Å². The van der Waals surface area contributed by atoms with E-state index in [1.807, 2.05) is 51.9 Å². The monoisotopic (exact) mass is 461 g/mol. The summed E-state index contributed by atoms with van der Waals surface area (Å²) in [6.07, 6.45) is 1.44. The van der Waals surface area contributed by atoms with Gasteiger partial charge in [0.15, 0.2) is 0 Å². The fourth-order valence-electron chi connectivity index (χ4n) is 3.02. The third-order valence-corrected chi connectivity index (χ3v) is 5.45. The Morgan fingerprint density at radius 3 is 2.18 bits per heavy atom. The van der Waals surface area contributed by atoms with E-state index in [9.17, 15) is 9.59 Å². The lowest BCUT2D eigenvalue weighted by atomic mass is 9.90. The number of amides is 1. The Labute approximate surface area is 197 Å². The third-order valence-electron chi connectivity index (χ3n) is 5.45. The molecule has 1 fully saturated rings. The van der Waals surface area contributed by atoms with Crippen molar-refractivity contribution in [1.82, 2.24) is 5.32 Å². The average Bonchev–Trinajstić information content (AvgIpc) is 2.90. The van der Waals surface area contributed by atoms with E-state index in [-0.39, 0.29) is 17.6 Å². The van der Waals surface area contributed by atoms with E-state index in [1.165, 1.54) is 7.11 Å². The zero-order valence-corrected chi connectivity index (χ0v) is 20.9. The van der Waals surface area contributed by atoms with Crippen LogP contribution in [0.25, 0.3) is 0 Å². The lowest BCUT2D eigenvalue weighted by molar-refractivity contribution is -0.143. The van der Waals surface area contributed by atoms with Gasteiger partial charge in [0.1, 0.15) is 24.0 Å². The van der Waals surface area contributed by atoms with Crippen LogP contribution in [0, 0.1) is 0 Å². The second kappa shape index (κ2) is 10.6. The van der Waals surface area contributed by atoms with Crippen LogP contribution in [-0.4, -0.2) is 55.7 Å². The molecule has 1 aromatic carbocycles. The smallest absolute Gasteiger partial charge is 0.486 e. The molecule has 0 aromatic heterocycles. The number of hydrogen-bond acceptors (Lipinski definition) is 7. The number of methoxy groups -OCH3 is 1. The molecule has 1 heterocycles. The number of rotatable bonds is 8. The Hall–Kier alpha value is -2.52. The average molecular weight is 461 g/mol. The van der Waals surface area contributed by atoms with Crippen LogP contribution < -0.4 is 10.1 Å². The van der Waals surface area contributed by atoms with Crippen LogP contribution in [0.3, 0.4) is 0 Å². The summed E-state index contributed by atoms with van der Waals surface area (Å²) in [7, 11) is 0.869. The highest BCUT2D eigenvalue weighted by atomic mass is 16.7. The van der Waals surface area contributed by atoms with Crippen LogP contribution in [0.2, 0.25) is 0 Å². The first kappa shape index (κ1) is 26.7. The summed E-state index contributed by atoms with van der Waals surface area (Å²) in [5, 5.41) is 2.57. The summed E-state index contributed by atoms with van der Waals surface area (Å²) in [5.74, 6) is 1.97. The van der Waals surface area contributed by atoms with Gasteiger partial charge >= 0.3 is 19.2 Å². The van der Waals surface area contributed by atoms with Gasteiger partial charge < -0.3 is 28.8 Å². The topological polar surface area (TPSA) is 92.3 Å². The largest absolute Gasteiger partial charge is 0.490 e. The Morgan fingerprint density at radius 2 is 1.67 bits per heavy atom. The predicted octanol–water partition coefficient (Wildman–Crippen LogP) is 3.86. The minimum Gasteiger partial charge on any atom is -0.490 e. The van der Waals surface area contributed by atoms with Crippen LogP contribution in [0.1, 0.15) is 54.0 Å². The molecule has 0 aliphatic carbocycles. The molecule has 0 saturated carbocycles. The van der Waals surface area contributed by atoms with Gasteiger partial charge in [-0.1, -0.05) is 24.2 Å². The normalized spacial score (nSPS) is 18.1. The van der Waals surface area contributed by atoms with Gasteiger partial charge in [-0.3, -0.25) is 0 Å². The molecule has 0 spiro atoms. The first-order valence-corrected chi connectivity index (χ1v) is 11.0. The molecule has 1 saturated heterocycles. The maximum absolute atomic E-state index is 12.1. The standard InChI is InChI=1S/C24H36BNO7/c1-22(2,3)31-21(28)26-19(20(27)29-8)16-17-10-12-18(13-11-17)30-15-9-14-25-32-23(4,5)24(6,7)33-25/h9-14,19H,15-16H2,1-8H3,(H,26,28). The summed E-state index contributed by atoms with van der Waals surface area (Å²) in [5.41, 5.74) is -0.583. The summed E-state index contributed by atoms with van der Waals surface area (Å²) < 4.78 is 27.6. The molecule has 8 nitrogen and oxygen atoms in total. The number of carbonyl (C=O) groups excluding carboxylic acids is 2. The van der Waals surface area contributed by atoms with E-state index in [0.717, 1.165) is 5.56 Å². The molecular weight excluding hydrogens is 425 g/mol. The molecule has 1 atom stereocenters. The van der Waals surface area contributed by atoms with Gasteiger partial charge in [0.25, 0.3) is 0 Å². The molecule has 182 valence electrons. The van der Waals surface area contributed by atoms with E-state index in [4.69, 9.17) is 23.5 Å². The molecule has 33 heavy (non-hydrogen) atoms. The number of esters is 1. The van der Waals surface area contributed by atoms with Crippen molar-refractivity contribution in [2.45, 2.75) is 77.7 Å². The highest BCUT2D eigenvalue weighted by molar-refractivity contribution is 6.51. The van der Waals surface area contributed by atoms with Gasteiger partial charge in [-0.25, -0.2) is 9.59 Å². The Balaban J connectivity index is 1.88. The Kier molecular flexibility index (Phi) is 8.60. The van der Waals surface area contributed by atoms with Crippen molar-refractivity contribution in [1.29, 1.82) is 0 Å². The fraction of sp³-hybridized carbons (Fsp3) is 0.583. The number of ether oxygens (including phenoxy) is 3. The highest BCUT2D eigenvalue weighted by Crippen LogP contribution is 2.36. The van der Waals surface area contributed by atoms with Gasteiger partial charge in [0, 0.05) is 6.42 Å². The Morgan fingerprint density at radius 1 is 1.09 bits per heavy atom. The molecule has 0 bridgehead atoms. The molecule has 9 heteroatoms. The minimum absolute atomic E-state index is 0.258. The first-order valence-electron chi connectivity index (χ1n) is 11.0. The van der Waals surface area contributed by atoms with Crippen molar-refractivity contribution in [3.8, 4) is 5.75 Å². The molecule has 1 aliphatic heterocycles. The highest BCUT2D eigenvalue weighted by Gasteiger charge is 2.49. The van der Waals surface area contributed by atoms with E-state index in [2.05, 4.69) is 5.32 Å². The summed E-state index contributed by atoms with van der Waals surface area (Å²) in [6.45, 7) is 13.6. The Bertz CT molecular complexity index is 827. The number of benzene rings is 1. The lowest BCUT2D eigenvalue weighted by Crippen LogP contribution is -2.45. The molecule has 1 unspecified atom stereocenters. The van der Waals surface area contributed by atoms with Crippen LogP contribution in [0.5, 0.6) is 5.75 Å². The number of alkyl carbamates (subject to hydrolysis) is 1. The van der Waals surface area contributed by atoms with Crippen LogP contribution in [0.15, 0.2) is 36.3 Å². The van der Waals surface area contributed by atoms with E-state index >= 15 is 0 Å². The van der Waals surface area contributed by atoms with Crippen molar-refractivity contribution >= 4 is 19.2 Å². The summed E-state index contributed by atoms with van der Waals surface area (Å²) in [6, 6.07) is 6.42. The van der Waals surface area contributed by atoms with Crippen molar-refractivity contribution in [3.05, 3.63) is 41.9 Å². The summed E-state index contributed by atoms with van der Waals surface area (Å²) in [4.78, 5) is 24.2. The van der Waals surface area contributed by atoms with Gasteiger partial charge in [-0.05, 0) is 66.2 Å². The second-order valence-electron chi connectivity index (χ2n) is 9.93. The molecule has 1 amide bonds. The number of hydrogen-bond donors (Lipinski definition) is 1. The zero-order chi connectivity index (χ0) is 24.9. The van der Waals surface area contributed by atoms with Crippen molar-refractivity contribution in [2.24, 2.45) is 0 Å². The van der Waals surface area contributed by atoms with Crippen molar-refractivity contribution in [2.75, 3.05) is 13.7 Å². The SMILES string of the molecule is COC(=O)C(Cc1ccc(OCC=CB2OC(C)(C)C(C)(C)O2)cc1)NC(=O)OC(C)(C)C. The van der Waals surface area contributed by atoms with E-state index < -0.39 is 30.8 Å².